The summed E-state index contributed by atoms with van der Waals surface area (Å²) >= 11 is 0. The van der Waals surface area contributed by atoms with Crippen molar-refractivity contribution in [1.29, 1.82) is 0 Å². The van der Waals surface area contributed by atoms with Crippen molar-refractivity contribution >= 4 is 15.7 Å². The van der Waals surface area contributed by atoms with Gasteiger partial charge in [0.25, 0.3) is 10.0 Å². The molecule has 1 saturated heterocycles. The molecule has 1 heterocycles. The zero-order chi connectivity index (χ0) is 25.2. The quantitative estimate of drug-likeness (QED) is 0.549. The van der Waals surface area contributed by atoms with Gasteiger partial charge in [0, 0.05) is 18.8 Å². The number of benzene rings is 2. The molecule has 0 aromatic heterocycles. The van der Waals surface area contributed by atoms with Gasteiger partial charge in [-0.1, -0.05) is 19.1 Å². The molecule has 0 spiro atoms. The molecule has 1 aliphatic carbocycles. The molecule has 1 unspecified atom stereocenters. The zero-order valence-corrected chi connectivity index (χ0v) is 20.4. The summed E-state index contributed by atoms with van der Waals surface area (Å²) in [5.41, 5.74) is 1.49. The first kappa shape index (κ1) is 25.8. The lowest BCUT2D eigenvalue weighted by molar-refractivity contribution is -0.117. The Morgan fingerprint density at radius 1 is 1.09 bits per heavy atom. The van der Waals surface area contributed by atoms with Gasteiger partial charge in [-0.2, -0.15) is 13.2 Å². The van der Waals surface area contributed by atoms with E-state index in [1.807, 2.05) is 6.92 Å². The number of anilines is 1. The van der Waals surface area contributed by atoms with Crippen LogP contribution in [0, 0.1) is 5.92 Å². The van der Waals surface area contributed by atoms with Crippen LogP contribution in [0.1, 0.15) is 49.0 Å². The van der Waals surface area contributed by atoms with E-state index in [-0.39, 0.29) is 29.3 Å². The van der Waals surface area contributed by atoms with Gasteiger partial charge < -0.3 is 14.6 Å². The van der Waals surface area contributed by atoms with Crippen molar-refractivity contribution in [2.24, 2.45) is 5.92 Å². The summed E-state index contributed by atoms with van der Waals surface area (Å²) in [6, 6.07) is 8.78. The van der Waals surface area contributed by atoms with Gasteiger partial charge in [0.2, 0.25) is 0 Å². The number of fused-ring (bicyclic) bond motifs is 1. The minimum absolute atomic E-state index is 0.0633. The highest BCUT2D eigenvalue weighted by molar-refractivity contribution is 7.92. The number of aliphatic hydroxyl groups is 1. The predicted molar refractivity (Wildman–Crippen MR) is 125 cm³/mol. The maximum Gasteiger partial charge on any atom is 0.407 e. The molecular weight excluding hydrogens is 483 g/mol. The number of halogens is 3. The fourth-order valence-corrected chi connectivity index (χ4v) is 6.37. The highest BCUT2D eigenvalue weighted by Gasteiger charge is 2.40. The Bertz CT molecular complexity index is 1130. The topological polar surface area (TPSA) is 76.1 Å². The van der Waals surface area contributed by atoms with Crippen molar-refractivity contribution in [3.63, 3.8) is 0 Å². The lowest BCUT2D eigenvalue weighted by atomic mass is 10.0. The molecule has 0 bridgehead atoms. The van der Waals surface area contributed by atoms with Gasteiger partial charge in [0.1, 0.15) is 12.3 Å². The van der Waals surface area contributed by atoms with Crippen molar-refractivity contribution in [1.82, 2.24) is 0 Å². The number of aryl methyl sites for hydroxylation is 1. The van der Waals surface area contributed by atoms with Gasteiger partial charge in [-0.05, 0) is 73.4 Å². The van der Waals surface area contributed by atoms with Crippen LogP contribution in [0.3, 0.4) is 0 Å². The van der Waals surface area contributed by atoms with Crippen LogP contribution in [0.15, 0.2) is 41.3 Å². The predicted octanol–water partition coefficient (Wildman–Crippen LogP) is 4.79. The molecule has 1 N–H and O–H groups in total. The number of sulfonamides is 1. The lowest BCUT2D eigenvalue weighted by Crippen LogP contribution is -2.39. The van der Waals surface area contributed by atoms with E-state index >= 15 is 0 Å². The molecule has 10 heteroatoms. The van der Waals surface area contributed by atoms with Crippen molar-refractivity contribution in [3.05, 3.63) is 53.1 Å². The highest BCUT2D eigenvalue weighted by Crippen LogP contribution is 2.43. The van der Waals surface area contributed by atoms with Gasteiger partial charge in [0.15, 0.2) is 0 Å². The third-order valence-electron chi connectivity index (χ3n) is 6.61. The molecule has 0 amide bonds. The van der Waals surface area contributed by atoms with E-state index in [1.54, 1.807) is 12.1 Å². The normalized spacial score (nSPS) is 18.9. The summed E-state index contributed by atoms with van der Waals surface area (Å²) in [5, 5.41) is 10.6. The Kier molecular flexibility index (Phi) is 7.63. The van der Waals surface area contributed by atoms with Gasteiger partial charge >= 0.3 is 6.18 Å². The van der Waals surface area contributed by atoms with Gasteiger partial charge in [-0.25, -0.2) is 8.42 Å². The summed E-state index contributed by atoms with van der Waals surface area (Å²) in [4.78, 5) is -0.230. The van der Waals surface area contributed by atoms with E-state index in [9.17, 15) is 26.7 Å². The molecule has 2 aromatic carbocycles. The second-order valence-corrected chi connectivity index (χ2v) is 10.9. The SMILES string of the molecule is CCc1ccc(N(CC(F)(F)F)S(=O)(=O)c2ccc(OCC3CCOCC3)c3c2CCC3O)cc1. The maximum absolute atomic E-state index is 13.6. The molecule has 1 fully saturated rings. The average Bonchev–Trinajstić information content (AvgIpc) is 3.23. The van der Waals surface area contributed by atoms with Crippen LogP contribution < -0.4 is 9.04 Å². The lowest BCUT2D eigenvalue weighted by Gasteiger charge is -2.27. The van der Waals surface area contributed by atoms with Crippen molar-refractivity contribution < 1.29 is 36.2 Å². The number of ether oxygens (including phenoxy) is 2. The summed E-state index contributed by atoms with van der Waals surface area (Å²) in [6.07, 6.45) is -2.81. The van der Waals surface area contributed by atoms with Gasteiger partial charge in [-0.3, -0.25) is 4.31 Å². The van der Waals surface area contributed by atoms with E-state index < -0.39 is 28.8 Å². The van der Waals surface area contributed by atoms with Crippen molar-refractivity contribution in [3.8, 4) is 5.75 Å². The second kappa shape index (κ2) is 10.4. The van der Waals surface area contributed by atoms with E-state index in [0.717, 1.165) is 18.4 Å². The van der Waals surface area contributed by atoms with E-state index in [0.29, 0.717) is 47.4 Å². The van der Waals surface area contributed by atoms with Crippen LogP contribution in [0.2, 0.25) is 0 Å². The summed E-state index contributed by atoms with van der Waals surface area (Å²) in [5.74, 6) is 0.667. The number of alkyl halides is 3. The first-order chi connectivity index (χ1) is 16.6. The number of nitrogens with zero attached hydrogens (tertiary/aromatic N) is 1. The van der Waals surface area contributed by atoms with Crippen LogP contribution >= 0.6 is 0 Å². The Morgan fingerprint density at radius 3 is 2.40 bits per heavy atom. The molecule has 0 radical (unpaired) electrons. The summed E-state index contributed by atoms with van der Waals surface area (Å²) in [6.45, 7) is 1.96. The molecular formula is C25H30F3NO5S. The van der Waals surface area contributed by atoms with Gasteiger partial charge in [0.05, 0.1) is 23.3 Å². The molecule has 4 rings (SSSR count). The van der Waals surface area contributed by atoms with Crippen molar-refractivity contribution in [2.45, 2.75) is 56.2 Å². The first-order valence-corrected chi connectivity index (χ1v) is 13.3. The van der Waals surface area contributed by atoms with Gasteiger partial charge in [-0.15, -0.1) is 0 Å². The Balaban J connectivity index is 1.70. The minimum atomic E-state index is -4.74. The number of rotatable bonds is 8. The summed E-state index contributed by atoms with van der Waals surface area (Å²) in [7, 11) is -4.58. The third kappa shape index (κ3) is 5.76. The fourth-order valence-electron chi connectivity index (χ4n) is 4.65. The van der Waals surface area contributed by atoms with Crippen LogP contribution in [-0.4, -0.2) is 46.1 Å². The average molecular weight is 514 g/mol. The number of hydrogen-bond donors (Lipinski definition) is 1. The fraction of sp³-hybridized carbons (Fsp3) is 0.520. The van der Waals surface area contributed by atoms with E-state index in [2.05, 4.69) is 0 Å². The number of hydrogen-bond acceptors (Lipinski definition) is 5. The maximum atomic E-state index is 13.6. The Hall–Kier alpha value is -2.30. The first-order valence-electron chi connectivity index (χ1n) is 11.8. The molecule has 1 atom stereocenters. The van der Waals surface area contributed by atoms with E-state index in [4.69, 9.17) is 9.47 Å². The highest BCUT2D eigenvalue weighted by atomic mass is 32.2. The smallest absolute Gasteiger partial charge is 0.407 e. The van der Waals surface area contributed by atoms with Crippen LogP contribution in [0.25, 0.3) is 0 Å². The molecule has 192 valence electrons. The molecule has 6 nitrogen and oxygen atoms in total. The van der Waals surface area contributed by atoms with Crippen molar-refractivity contribution in [2.75, 3.05) is 30.7 Å². The molecule has 0 saturated carbocycles. The molecule has 2 aliphatic rings. The van der Waals surface area contributed by atoms with Crippen LogP contribution in [0.4, 0.5) is 18.9 Å². The molecule has 2 aromatic rings. The monoisotopic (exact) mass is 513 g/mol. The van der Waals surface area contributed by atoms with Crippen LogP contribution in [0.5, 0.6) is 5.75 Å². The minimum Gasteiger partial charge on any atom is -0.493 e. The third-order valence-corrected chi connectivity index (χ3v) is 8.47. The Labute approximate surface area is 203 Å². The standard InChI is InChI=1S/C25H30F3NO5S/c1-2-17-3-5-19(6-4-17)29(16-25(26,27)28)35(31,32)23-10-9-22(24-20(23)7-8-21(24)30)34-15-18-11-13-33-14-12-18/h3-6,9-10,18,21,30H,2,7-8,11-16H2,1H3. The van der Waals surface area contributed by atoms with Crippen LogP contribution in [-0.2, 0) is 27.6 Å². The number of aliphatic hydroxyl groups excluding tert-OH is 1. The summed E-state index contributed by atoms with van der Waals surface area (Å²) < 4.78 is 79.5. The zero-order valence-electron chi connectivity index (χ0n) is 19.6. The molecule has 1 aliphatic heterocycles. The molecule has 35 heavy (non-hydrogen) atoms. The second-order valence-electron chi connectivity index (χ2n) is 9.02. The Morgan fingerprint density at radius 2 is 1.77 bits per heavy atom. The largest absolute Gasteiger partial charge is 0.493 e. The van der Waals surface area contributed by atoms with E-state index in [1.165, 1.54) is 24.3 Å².